The molecule has 0 bridgehead atoms. The van der Waals surface area contributed by atoms with Gasteiger partial charge in [-0.1, -0.05) is 18.2 Å². The summed E-state index contributed by atoms with van der Waals surface area (Å²) in [7, 11) is 1.71. The van der Waals surface area contributed by atoms with Crippen molar-refractivity contribution in [3.63, 3.8) is 0 Å². The Hall–Kier alpha value is -2.73. The minimum absolute atomic E-state index is 0.250. The van der Waals surface area contributed by atoms with E-state index in [4.69, 9.17) is 14.6 Å². The SMILES string of the molecule is COc1ccccc1N1CCN(CCCOc2cccc(C(=O)O)c2)CC1. The third-order valence-corrected chi connectivity index (χ3v) is 4.77. The minimum atomic E-state index is -0.937. The molecule has 0 aliphatic carbocycles. The van der Waals surface area contributed by atoms with Gasteiger partial charge in [-0.05, 0) is 36.8 Å². The molecule has 0 aromatic heterocycles. The molecule has 1 aliphatic rings. The molecular weight excluding hydrogens is 344 g/mol. The number of carboxylic acids is 1. The molecule has 0 saturated carbocycles. The van der Waals surface area contributed by atoms with E-state index in [1.54, 1.807) is 31.4 Å². The van der Waals surface area contributed by atoms with E-state index in [9.17, 15) is 4.79 Å². The lowest BCUT2D eigenvalue weighted by molar-refractivity contribution is 0.0696. The Morgan fingerprint density at radius 2 is 1.85 bits per heavy atom. The number of benzene rings is 2. The fourth-order valence-corrected chi connectivity index (χ4v) is 3.30. The van der Waals surface area contributed by atoms with Crippen molar-refractivity contribution >= 4 is 11.7 Å². The van der Waals surface area contributed by atoms with Crippen LogP contribution in [0.5, 0.6) is 11.5 Å². The summed E-state index contributed by atoms with van der Waals surface area (Å²) in [5.41, 5.74) is 1.40. The van der Waals surface area contributed by atoms with Crippen LogP contribution in [0, 0.1) is 0 Å². The lowest BCUT2D eigenvalue weighted by atomic mass is 10.2. The van der Waals surface area contributed by atoms with E-state index in [2.05, 4.69) is 15.9 Å². The van der Waals surface area contributed by atoms with Gasteiger partial charge in [-0.25, -0.2) is 4.79 Å². The highest BCUT2D eigenvalue weighted by molar-refractivity contribution is 5.88. The first kappa shape index (κ1) is 19.0. The van der Waals surface area contributed by atoms with E-state index >= 15 is 0 Å². The lowest BCUT2D eigenvalue weighted by Gasteiger charge is -2.36. The lowest BCUT2D eigenvalue weighted by Crippen LogP contribution is -2.46. The highest BCUT2D eigenvalue weighted by Crippen LogP contribution is 2.28. The second-order valence-electron chi connectivity index (χ2n) is 6.54. The molecule has 1 heterocycles. The van der Waals surface area contributed by atoms with Crippen LogP contribution in [-0.4, -0.2) is 62.4 Å². The van der Waals surface area contributed by atoms with Crippen molar-refractivity contribution in [1.82, 2.24) is 4.90 Å². The van der Waals surface area contributed by atoms with Crippen LogP contribution in [0.15, 0.2) is 48.5 Å². The van der Waals surface area contributed by atoms with Crippen LogP contribution < -0.4 is 14.4 Å². The van der Waals surface area contributed by atoms with Crippen LogP contribution in [0.3, 0.4) is 0 Å². The minimum Gasteiger partial charge on any atom is -0.495 e. The molecule has 6 heteroatoms. The number of nitrogens with zero attached hydrogens (tertiary/aromatic N) is 2. The molecule has 0 spiro atoms. The molecule has 2 aromatic carbocycles. The van der Waals surface area contributed by atoms with Gasteiger partial charge in [-0.2, -0.15) is 0 Å². The molecule has 1 saturated heterocycles. The molecule has 1 N–H and O–H groups in total. The van der Waals surface area contributed by atoms with E-state index in [0.29, 0.717) is 12.4 Å². The first-order valence-electron chi connectivity index (χ1n) is 9.24. The Kier molecular flexibility index (Phi) is 6.54. The number of hydrogen-bond donors (Lipinski definition) is 1. The van der Waals surface area contributed by atoms with Crippen LogP contribution in [-0.2, 0) is 0 Å². The molecular formula is C21H26N2O4. The number of para-hydroxylation sites is 2. The van der Waals surface area contributed by atoms with Crippen molar-refractivity contribution in [2.45, 2.75) is 6.42 Å². The first-order chi connectivity index (χ1) is 13.2. The van der Waals surface area contributed by atoms with Crippen molar-refractivity contribution in [3.05, 3.63) is 54.1 Å². The fraction of sp³-hybridized carbons (Fsp3) is 0.381. The average molecular weight is 370 g/mol. The van der Waals surface area contributed by atoms with E-state index < -0.39 is 5.97 Å². The van der Waals surface area contributed by atoms with Crippen molar-refractivity contribution in [2.24, 2.45) is 0 Å². The second-order valence-corrected chi connectivity index (χ2v) is 6.54. The van der Waals surface area contributed by atoms with Gasteiger partial charge in [0, 0.05) is 32.7 Å². The number of aromatic carboxylic acids is 1. The summed E-state index contributed by atoms with van der Waals surface area (Å²) in [6.07, 6.45) is 0.909. The van der Waals surface area contributed by atoms with Crippen LogP contribution >= 0.6 is 0 Å². The Labute approximate surface area is 159 Å². The maximum absolute atomic E-state index is 11.0. The molecule has 6 nitrogen and oxygen atoms in total. The number of rotatable bonds is 8. The molecule has 3 rings (SSSR count). The van der Waals surface area contributed by atoms with Gasteiger partial charge in [0.2, 0.25) is 0 Å². The summed E-state index contributed by atoms with van der Waals surface area (Å²) in [6, 6.07) is 14.8. The normalized spacial score (nSPS) is 14.8. The first-order valence-corrected chi connectivity index (χ1v) is 9.24. The standard InChI is InChI=1S/C21H26N2O4/c1-26-20-9-3-2-8-19(20)23-13-11-22(12-14-23)10-5-15-27-18-7-4-6-17(16-18)21(24)25/h2-4,6-9,16H,5,10-15H2,1H3,(H,24,25). The largest absolute Gasteiger partial charge is 0.495 e. The summed E-state index contributed by atoms with van der Waals surface area (Å²) >= 11 is 0. The molecule has 0 amide bonds. The molecule has 144 valence electrons. The smallest absolute Gasteiger partial charge is 0.335 e. The Balaban J connectivity index is 1.40. The number of methoxy groups -OCH3 is 1. The van der Waals surface area contributed by atoms with Crippen LogP contribution in [0.4, 0.5) is 5.69 Å². The predicted octanol–water partition coefficient (Wildman–Crippen LogP) is 2.98. The van der Waals surface area contributed by atoms with E-state index in [1.807, 2.05) is 18.2 Å². The molecule has 0 unspecified atom stereocenters. The number of ether oxygens (including phenoxy) is 2. The predicted molar refractivity (Wildman–Crippen MR) is 105 cm³/mol. The summed E-state index contributed by atoms with van der Waals surface area (Å²) in [6.45, 7) is 5.51. The molecule has 0 atom stereocenters. The van der Waals surface area contributed by atoms with Gasteiger partial charge in [-0.15, -0.1) is 0 Å². The second kappa shape index (κ2) is 9.28. The van der Waals surface area contributed by atoms with Gasteiger partial charge in [0.25, 0.3) is 0 Å². The van der Waals surface area contributed by atoms with E-state index in [0.717, 1.165) is 50.6 Å². The third kappa shape index (κ3) is 5.14. The molecule has 1 fully saturated rings. The zero-order valence-corrected chi connectivity index (χ0v) is 15.6. The maximum atomic E-state index is 11.0. The summed E-state index contributed by atoms with van der Waals surface area (Å²) in [5, 5.41) is 9.01. The molecule has 0 radical (unpaired) electrons. The number of piperazine rings is 1. The van der Waals surface area contributed by atoms with E-state index in [-0.39, 0.29) is 5.56 Å². The van der Waals surface area contributed by atoms with Gasteiger partial charge < -0.3 is 19.5 Å². The van der Waals surface area contributed by atoms with Crippen molar-refractivity contribution in [3.8, 4) is 11.5 Å². The summed E-state index contributed by atoms with van der Waals surface area (Å²) in [4.78, 5) is 15.8. The van der Waals surface area contributed by atoms with Crippen LogP contribution in [0.25, 0.3) is 0 Å². The summed E-state index contributed by atoms with van der Waals surface area (Å²) in [5.74, 6) is 0.590. The zero-order chi connectivity index (χ0) is 19.1. The van der Waals surface area contributed by atoms with Gasteiger partial charge in [0.05, 0.1) is 25.0 Å². The van der Waals surface area contributed by atoms with Crippen LogP contribution in [0.2, 0.25) is 0 Å². The number of carboxylic acid groups (broad SMARTS) is 1. The highest BCUT2D eigenvalue weighted by Gasteiger charge is 2.19. The van der Waals surface area contributed by atoms with Crippen molar-refractivity contribution < 1.29 is 19.4 Å². The maximum Gasteiger partial charge on any atom is 0.335 e. The van der Waals surface area contributed by atoms with E-state index in [1.165, 1.54) is 0 Å². The molecule has 2 aromatic rings. The average Bonchev–Trinajstić information content (AvgIpc) is 2.72. The quantitative estimate of drug-likeness (QED) is 0.721. The summed E-state index contributed by atoms with van der Waals surface area (Å²) < 4.78 is 11.2. The number of anilines is 1. The Bertz CT molecular complexity index is 757. The monoisotopic (exact) mass is 370 g/mol. The zero-order valence-electron chi connectivity index (χ0n) is 15.6. The van der Waals surface area contributed by atoms with Crippen molar-refractivity contribution in [2.75, 3.05) is 51.3 Å². The topological polar surface area (TPSA) is 62.2 Å². The van der Waals surface area contributed by atoms with Gasteiger partial charge in [0.15, 0.2) is 0 Å². The van der Waals surface area contributed by atoms with Gasteiger partial charge >= 0.3 is 5.97 Å². The third-order valence-electron chi connectivity index (χ3n) is 4.77. The van der Waals surface area contributed by atoms with Gasteiger partial charge in [-0.3, -0.25) is 4.90 Å². The number of carbonyl (C=O) groups is 1. The molecule has 27 heavy (non-hydrogen) atoms. The number of hydrogen-bond acceptors (Lipinski definition) is 5. The van der Waals surface area contributed by atoms with Crippen LogP contribution in [0.1, 0.15) is 16.8 Å². The Morgan fingerprint density at radius 3 is 2.59 bits per heavy atom. The highest BCUT2D eigenvalue weighted by atomic mass is 16.5. The molecule has 1 aliphatic heterocycles. The fourth-order valence-electron chi connectivity index (χ4n) is 3.30. The van der Waals surface area contributed by atoms with Gasteiger partial charge in [0.1, 0.15) is 11.5 Å². The Morgan fingerprint density at radius 1 is 1.07 bits per heavy atom. The van der Waals surface area contributed by atoms with Crippen molar-refractivity contribution in [1.29, 1.82) is 0 Å².